The number of anilines is 2. The molecule has 0 fully saturated rings. The van der Waals surface area contributed by atoms with Gasteiger partial charge in [-0.25, -0.2) is 0 Å². The average molecular weight is 429 g/mol. The largest absolute Gasteiger partial charge is 0.497 e. The molecule has 32 heavy (non-hydrogen) atoms. The number of hydrogen-bond acceptors (Lipinski definition) is 6. The molecule has 1 aliphatic rings. The maximum atomic E-state index is 5.30. The van der Waals surface area contributed by atoms with E-state index in [1.165, 1.54) is 16.7 Å². The fraction of sp³-hybridized carbons (Fsp3) is 0.320. The highest BCUT2D eigenvalue weighted by Gasteiger charge is 2.23. The van der Waals surface area contributed by atoms with Gasteiger partial charge in [0, 0.05) is 25.3 Å². The summed E-state index contributed by atoms with van der Waals surface area (Å²) >= 11 is 0. The minimum atomic E-state index is 0.624. The van der Waals surface area contributed by atoms with Crippen LogP contribution in [0.5, 0.6) is 5.75 Å². The van der Waals surface area contributed by atoms with Gasteiger partial charge in [0.05, 0.1) is 12.5 Å². The molecular weight excluding hydrogens is 400 g/mol. The lowest BCUT2D eigenvalue weighted by molar-refractivity contribution is 0.414. The van der Waals surface area contributed by atoms with Crippen LogP contribution in [0.15, 0.2) is 48.5 Å². The first-order valence-corrected chi connectivity index (χ1v) is 11.1. The van der Waals surface area contributed by atoms with Crippen LogP contribution in [-0.4, -0.2) is 40.4 Å². The number of ether oxygens (including phenoxy) is 1. The van der Waals surface area contributed by atoms with Gasteiger partial charge in [0.2, 0.25) is 5.95 Å². The third kappa shape index (κ3) is 4.23. The highest BCUT2D eigenvalue weighted by atomic mass is 16.5. The minimum absolute atomic E-state index is 0.624. The molecule has 2 aromatic heterocycles. The zero-order chi connectivity index (χ0) is 21.9. The Morgan fingerprint density at radius 1 is 1.03 bits per heavy atom. The standard InChI is InChI=1S/C25H28N6O/c1-17-5-7-18(8-6-17)13-14-26-25-27-23-22-21(29-30-23)4-3-15-31(24(22)28-25)16-19-9-11-20(32-2)12-10-19/h5-12H,3-4,13-16H2,1-2H3,(H2,26,27,28,29,30). The summed E-state index contributed by atoms with van der Waals surface area (Å²) in [4.78, 5) is 12.0. The van der Waals surface area contributed by atoms with Gasteiger partial charge in [0.25, 0.3) is 0 Å². The van der Waals surface area contributed by atoms with Crippen molar-refractivity contribution in [1.82, 2.24) is 20.2 Å². The first-order valence-electron chi connectivity index (χ1n) is 11.1. The van der Waals surface area contributed by atoms with E-state index in [1.54, 1.807) is 7.11 Å². The molecule has 0 saturated carbocycles. The molecule has 2 aromatic carbocycles. The van der Waals surface area contributed by atoms with E-state index in [9.17, 15) is 0 Å². The molecule has 164 valence electrons. The van der Waals surface area contributed by atoms with Crippen molar-refractivity contribution in [3.8, 4) is 5.75 Å². The van der Waals surface area contributed by atoms with Crippen LogP contribution in [0.3, 0.4) is 0 Å². The fourth-order valence-electron chi connectivity index (χ4n) is 4.18. The molecule has 0 unspecified atom stereocenters. The SMILES string of the molecule is COc1ccc(CN2CCCc3[nH]nc4nc(NCCc5ccc(C)cc5)nc2c34)cc1. The molecule has 7 heteroatoms. The van der Waals surface area contributed by atoms with Gasteiger partial charge in [-0.3, -0.25) is 5.10 Å². The smallest absolute Gasteiger partial charge is 0.226 e. The molecule has 0 saturated heterocycles. The van der Waals surface area contributed by atoms with Gasteiger partial charge in [-0.15, -0.1) is 0 Å². The van der Waals surface area contributed by atoms with Gasteiger partial charge in [-0.1, -0.05) is 42.0 Å². The number of rotatable bonds is 7. The predicted molar refractivity (Wildman–Crippen MR) is 127 cm³/mol. The van der Waals surface area contributed by atoms with E-state index in [-0.39, 0.29) is 0 Å². The third-order valence-electron chi connectivity index (χ3n) is 5.97. The Balaban J connectivity index is 1.39. The summed E-state index contributed by atoms with van der Waals surface area (Å²) < 4.78 is 5.30. The lowest BCUT2D eigenvalue weighted by Crippen LogP contribution is -2.25. The van der Waals surface area contributed by atoms with Gasteiger partial charge in [-0.2, -0.15) is 15.1 Å². The zero-order valence-electron chi connectivity index (χ0n) is 18.6. The lowest BCUT2D eigenvalue weighted by Gasteiger charge is -2.23. The van der Waals surface area contributed by atoms with Crippen LogP contribution >= 0.6 is 0 Å². The van der Waals surface area contributed by atoms with Crippen molar-refractivity contribution >= 4 is 22.8 Å². The van der Waals surface area contributed by atoms with Gasteiger partial charge in [-0.05, 0) is 49.4 Å². The van der Waals surface area contributed by atoms with Crippen LogP contribution in [0.2, 0.25) is 0 Å². The Morgan fingerprint density at radius 3 is 2.59 bits per heavy atom. The van der Waals surface area contributed by atoms with Crippen molar-refractivity contribution in [3.63, 3.8) is 0 Å². The van der Waals surface area contributed by atoms with Crippen LogP contribution in [0.25, 0.3) is 11.0 Å². The summed E-state index contributed by atoms with van der Waals surface area (Å²) in [7, 11) is 1.69. The van der Waals surface area contributed by atoms with Crippen molar-refractivity contribution in [2.75, 3.05) is 30.4 Å². The number of methoxy groups -OCH3 is 1. The highest BCUT2D eigenvalue weighted by Crippen LogP contribution is 2.32. The van der Waals surface area contributed by atoms with Crippen molar-refractivity contribution < 1.29 is 4.74 Å². The molecule has 0 bridgehead atoms. The molecular formula is C25H28N6O. The van der Waals surface area contributed by atoms with E-state index in [2.05, 4.69) is 68.7 Å². The molecule has 3 heterocycles. The second-order valence-electron chi connectivity index (χ2n) is 8.31. The van der Waals surface area contributed by atoms with Gasteiger partial charge in [0.1, 0.15) is 11.6 Å². The normalized spacial score (nSPS) is 13.2. The van der Waals surface area contributed by atoms with Gasteiger partial charge >= 0.3 is 0 Å². The molecule has 0 radical (unpaired) electrons. The second-order valence-corrected chi connectivity index (χ2v) is 8.31. The number of benzene rings is 2. The van der Waals surface area contributed by atoms with Crippen molar-refractivity contribution in [2.45, 2.75) is 32.7 Å². The quantitative estimate of drug-likeness (QED) is 0.458. The Hall–Kier alpha value is -3.61. The van der Waals surface area contributed by atoms with E-state index in [4.69, 9.17) is 9.72 Å². The zero-order valence-corrected chi connectivity index (χ0v) is 18.6. The summed E-state index contributed by atoms with van der Waals surface area (Å²) in [6.45, 7) is 4.59. The van der Waals surface area contributed by atoms with Gasteiger partial charge < -0.3 is 15.0 Å². The summed E-state index contributed by atoms with van der Waals surface area (Å²) in [6, 6.07) is 16.9. The molecule has 5 rings (SSSR count). The van der Waals surface area contributed by atoms with Crippen LogP contribution < -0.4 is 15.0 Å². The van der Waals surface area contributed by atoms with Crippen molar-refractivity contribution in [3.05, 3.63) is 70.9 Å². The molecule has 0 aliphatic carbocycles. The van der Waals surface area contributed by atoms with Crippen molar-refractivity contribution in [1.29, 1.82) is 0 Å². The maximum absolute atomic E-state index is 5.30. The van der Waals surface area contributed by atoms with Crippen LogP contribution in [0, 0.1) is 6.92 Å². The Kier molecular flexibility index (Phi) is 5.62. The number of aryl methyl sites for hydroxylation is 2. The molecule has 0 amide bonds. The van der Waals surface area contributed by atoms with E-state index in [0.29, 0.717) is 5.95 Å². The van der Waals surface area contributed by atoms with Crippen LogP contribution in [0.1, 0.15) is 28.8 Å². The molecule has 0 spiro atoms. The first kappa shape index (κ1) is 20.3. The molecule has 4 aromatic rings. The molecule has 0 atom stereocenters. The number of nitrogens with one attached hydrogen (secondary N) is 2. The van der Waals surface area contributed by atoms with Crippen LogP contribution in [-0.2, 0) is 19.4 Å². The topological polar surface area (TPSA) is 79.0 Å². The fourth-order valence-corrected chi connectivity index (χ4v) is 4.18. The highest BCUT2D eigenvalue weighted by molar-refractivity contribution is 5.91. The number of nitrogens with zero attached hydrogens (tertiary/aromatic N) is 4. The van der Waals surface area contributed by atoms with E-state index >= 15 is 0 Å². The number of hydrogen-bond donors (Lipinski definition) is 2. The van der Waals surface area contributed by atoms with Crippen molar-refractivity contribution in [2.24, 2.45) is 0 Å². The number of aromatic nitrogens is 4. The van der Waals surface area contributed by atoms with Crippen LogP contribution in [0.4, 0.5) is 11.8 Å². The van der Waals surface area contributed by atoms with Gasteiger partial charge in [0.15, 0.2) is 5.65 Å². The Bertz CT molecular complexity index is 1200. The van der Waals surface area contributed by atoms with E-state index in [0.717, 1.165) is 67.2 Å². The molecule has 7 nitrogen and oxygen atoms in total. The summed E-state index contributed by atoms with van der Waals surface area (Å²) in [6.07, 6.45) is 2.91. The summed E-state index contributed by atoms with van der Waals surface area (Å²) in [5.74, 6) is 2.44. The van der Waals surface area contributed by atoms with E-state index < -0.39 is 0 Å². The molecule has 1 aliphatic heterocycles. The number of H-pyrrole nitrogens is 1. The monoisotopic (exact) mass is 428 g/mol. The summed E-state index contributed by atoms with van der Waals surface area (Å²) in [5.41, 5.74) is 5.64. The number of aromatic amines is 1. The first-order chi connectivity index (χ1) is 15.7. The Morgan fingerprint density at radius 2 is 1.81 bits per heavy atom. The lowest BCUT2D eigenvalue weighted by atomic mass is 10.1. The second kappa shape index (κ2) is 8.86. The average Bonchev–Trinajstić information content (AvgIpc) is 3.14. The molecule has 2 N–H and O–H groups in total. The minimum Gasteiger partial charge on any atom is -0.497 e. The maximum Gasteiger partial charge on any atom is 0.226 e. The van der Waals surface area contributed by atoms with E-state index in [1.807, 2.05) is 12.1 Å². The summed E-state index contributed by atoms with van der Waals surface area (Å²) in [5, 5.41) is 12.1. The Labute approximate surface area is 187 Å². The predicted octanol–water partition coefficient (Wildman–Crippen LogP) is 4.28. The third-order valence-corrected chi connectivity index (χ3v) is 5.97.